The molecule has 0 spiro atoms. The van der Waals surface area contributed by atoms with Gasteiger partial charge in [0.2, 0.25) is 0 Å². The van der Waals surface area contributed by atoms with E-state index in [1.165, 1.54) is 0 Å². The molecule has 0 bridgehead atoms. The van der Waals surface area contributed by atoms with E-state index in [2.05, 4.69) is 10.5 Å². The van der Waals surface area contributed by atoms with Crippen molar-refractivity contribution in [2.24, 2.45) is 0 Å². The van der Waals surface area contributed by atoms with Crippen LogP contribution in [0.25, 0.3) is 11.1 Å². The standard InChI is InChI=1S/C23H19F2N3O6/c24-23(25,21(30)31)12-27-20(29)19-9-13(34-28-19)10-26-22(32)33-11-18-16-7-3-1-5-14(16)15-6-2-4-8-17(15)18/h1-9,18H,10-12H2,(H,26,32)(H,27,29)(H,30,31). The SMILES string of the molecule is O=C(NCc1cc(C(=O)NCC(F)(F)C(=O)O)no1)OCC1c2ccccc2-c2ccccc21. The average molecular weight is 471 g/mol. The number of hydrogen-bond donors (Lipinski definition) is 3. The van der Waals surface area contributed by atoms with Crippen LogP contribution in [-0.2, 0) is 16.1 Å². The first kappa shape index (κ1) is 22.9. The van der Waals surface area contributed by atoms with E-state index in [1.54, 1.807) is 5.32 Å². The number of carbonyl (C=O) groups excluding carboxylic acids is 2. The molecule has 1 aliphatic rings. The minimum Gasteiger partial charge on any atom is -0.477 e. The lowest BCUT2D eigenvalue weighted by atomic mass is 9.98. The lowest BCUT2D eigenvalue weighted by Gasteiger charge is -2.14. The maximum absolute atomic E-state index is 13.1. The fourth-order valence-corrected chi connectivity index (χ4v) is 3.67. The van der Waals surface area contributed by atoms with Crippen molar-refractivity contribution in [1.29, 1.82) is 0 Å². The van der Waals surface area contributed by atoms with Crippen molar-refractivity contribution in [2.75, 3.05) is 13.2 Å². The number of nitrogens with one attached hydrogen (secondary N) is 2. The molecule has 0 radical (unpaired) electrons. The van der Waals surface area contributed by atoms with Gasteiger partial charge in [-0.15, -0.1) is 0 Å². The largest absolute Gasteiger partial charge is 0.477 e. The molecular formula is C23H19F2N3O6. The van der Waals surface area contributed by atoms with E-state index in [1.807, 2.05) is 48.5 Å². The van der Waals surface area contributed by atoms with E-state index in [9.17, 15) is 23.2 Å². The van der Waals surface area contributed by atoms with Crippen LogP contribution in [0.1, 0.15) is 33.3 Å². The predicted molar refractivity (Wildman–Crippen MR) is 113 cm³/mol. The van der Waals surface area contributed by atoms with Crippen molar-refractivity contribution in [2.45, 2.75) is 18.4 Å². The van der Waals surface area contributed by atoms with Gasteiger partial charge in [0.15, 0.2) is 11.5 Å². The summed E-state index contributed by atoms with van der Waals surface area (Å²) >= 11 is 0. The summed E-state index contributed by atoms with van der Waals surface area (Å²) in [5, 5.41) is 16.0. The topological polar surface area (TPSA) is 131 Å². The molecule has 0 saturated heterocycles. The summed E-state index contributed by atoms with van der Waals surface area (Å²) in [7, 11) is 0. The Morgan fingerprint density at radius 1 is 1.03 bits per heavy atom. The number of amides is 2. The van der Waals surface area contributed by atoms with E-state index >= 15 is 0 Å². The number of rotatable bonds is 8. The van der Waals surface area contributed by atoms with Gasteiger partial charge in [-0.25, -0.2) is 9.59 Å². The smallest absolute Gasteiger partial charge is 0.407 e. The van der Waals surface area contributed by atoms with Crippen molar-refractivity contribution in [3.8, 4) is 11.1 Å². The van der Waals surface area contributed by atoms with Crippen LogP contribution in [0.3, 0.4) is 0 Å². The third-order valence-electron chi connectivity index (χ3n) is 5.33. The first-order valence-electron chi connectivity index (χ1n) is 10.2. The quantitative estimate of drug-likeness (QED) is 0.460. The fraction of sp³-hybridized carbons (Fsp3) is 0.217. The van der Waals surface area contributed by atoms with Gasteiger partial charge in [0.05, 0.1) is 13.1 Å². The van der Waals surface area contributed by atoms with E-state index in [-0.39, 0.29) is 30.5 Å². The number of aliphatic carboxylic acids is 1. The van der Waals surface area contributed by atoms with E-state index in [0.717, 1.165) is 28.3 Å². The van der Waals surface area contributed by atoms with Gasteiger partial charge in [0, 0.05) is 12.0 Å². The number of ether oxygens (including phenoxy) is 1. The van der Waals surface area contributed by atoms with Crippen LogP contribution in [0, 0.1) is 0 Å². The molecule has 0 aliphatic heterocycles. The molecule has 4 rings (SSSR count). The van der Waals surface area contributed by atoms with Gasteiger partial charge in [0.1, 0.15) is 6.61 Å². The molecule has 0 unspecified atom stereocenters. The minimum absolute atomic E-state index is 0.0728. The van der Waals surface area contributed by atoms with Gasteiger partial charge in [0.25, 0.3) is 5.91 Å². The van der Waals surface area contributed by atoms with Crippen molar-refractivity contribution >= 4 is 18.0 Å². The molecule has 1 heterocycles. The number of fused-ring (bicyclic) bond motifs is 3. The van der Waals surface area contributed by atoms with Gasteiger partial charge in [-0.2, -0.15) is 8.78 Å². The monoisotopic (exact) mass is 471 g/mol. The molecule has 1 aromatic heterocycles. The Kier molecular flexibility index (Phi) is 6.26. The van der Waals surface area contributed by atoms with Crippen molar-refractivity contribution < 1.29 is 37.5 Å². The number of halogens is 2. The summed E-state index contributed by atoms with van der Waals surface area (Å²) in [5.74, 6) is -7.56. The third-order valence-corrected chi connectivity index (χ3v) is 5.33. The molecule has 2 aromatic carbocycles. The Bertz CT molecular complexity index is 1200. The second-order valence-corrected chi connectivity index (χ2v) is 7.55. The molecule has 0 fully saturated rings. The molecule has 34 heavy (non-hydrogen) atoms. The first-order valence-corrected chi connectivity index (χ1v) is 10.2. The molecule has 2 amide bonds. The molecule has 1 aliphatic carbocycles. The Hall–Kier alpha value is -4.28. The number of alkyl halides is 2. The predicted octanol–water partition coefficient (Wildman–Crippen LogP) is 3.16. The zero-order chi connectivity index (χ0) is 24.3. The molecule has 3 aromatic rings. The number of hydrogen-bond acceptors (Lipinski definition) is 6. The number of carboxylic acids is 1. The molecule has 9 nitrogen and oxygen atoms in total. The number of aromatic nitrogens is 1. The fourth-order valence-electron chi connectivity index (χ4n) is 3.67. The van der Waals surface area contributed by atoms with Crippen molar-refractivity contribution in [3.05, 3.63) is 77.2 Å². The number of carbonyl (C=O) groups is 3. The van der Waals surface area contributed by atoms with Crippen LogP contribution < -0.4 is 10.6 Å². The Morgan fingerprint density at radius 2 is 1.65 bits per heavy atom. The van der Waals surface area contributed by atoms with Gasteiger partial charge in [-0.1, -0.05) is 53.7 Å². The highest BCUT2D eigenvalue weighted by atomic mass is 19.3. The van der Waals surface area contributed by atoms with Gasteiger partial charge in [-0.05, 0) is 22.3 Å². The highest BCUT2D eigenvalue weighted by Gasteiger charge is 2.39. The number of alkyl carbamates (subject to hydrolysis) is 1. The van der Waals surface area contributed by atoms with Crippen LogP contribution in [-0.4, -0.2) is 47.3 Å². The van der Waals surface area contributed by atoms with Gasteiger partial charge >= 0.3 is 18.0 Å². The summed E-state index contributed by atoms with van der Waals surface area (Å²) in [6.45, 7) is -1.45. The van der Waals surface area contributed by atoms with E-state index in [4.69, 9.17) is 14.4 Å². The third kappa shape index (κ3) is 4.72. The number of benzene rings is 2. The summed E-state index contributed by atoms with van der Waals surface area (Å²) in [6.07, 6.45) is -0.717. The highest BCUT2D eigenvalue weighted by Crippen LogP contribution is 2.44. The van der Waals surface area contributed by atoms with E-state index < -0.39 is 30.4 Å². The Balaban J connectivity index is 1.29. The molecule has 0 atom stereocenters. The summed E-state index contributed by atoms with van der Waals surface area (Å²) < 4.78 is 36.4. The normalized spacial score (nSPS) is 12.5. The Labute approximate surface area is 191 Å². The molecule has 3 N–H and O–H groups in total. The number of carboxylic acid groups (broad SMARTS) is 1. The maximum atomic E-state index is 13.1. The van der Waals surface area contributed by atoms with Crippen LogP contribution in [0.2, 0.25) is 0 Å². The van der Waals surface area contributed by atoms with Gasteiger partial charge in [-0.3, -0.25) is 4.79 Å². The number of nitrogens with zero attached hydrogens (tertiary/aromatic N) is 1. The van der Waals surface area contributed by atoms with Crippen LogP contribution >= 0.6 is 0 Å². The summed E-state index contributed by atoms with van der Waals surface area (Å²) in [6, 6.07) is 16.9. The lowest BCUT2D eigenvalue weighted by molar-refractivity contribution is -0.163. The van der Waals surface area contributed by atoms with Crippen molar-refractivity contribution in [3.63, 3.8) is 0 Å². The zero-order valence-corrected chi connectivity index (χ0v) is 17.6. The van der Waals surface area contributed by atoms with Crippen LogP contribution in [0.4, 0.5) is 13.6 Å². The molecule has 0 saturated carbocycles. The van der Waals surface area contributed by atoms with E-state index in [0.29, 0.717) is 0 Å². The molecule has 176 valence electrons. The lowest BCUT2D eigenvalue weighted by Crippen LogP contribution is -2.42. The van der Waals surface area contributed by atoms with Crippen LogP contribution in [0.5, 0.6) is 0 Å². The maximum Gasteiger partial charge on any atom is 0.407 e. The Morgan fingerprint density at radius 3 is 2.26 bits per heavy atom. The second-order valence-electron chi connectivity index (χ2n) is 7.55. The molecule has 11 heteroatoms. The van der Waals surface area contributed by atoms with Gasteiger partial charge < -0.3 is 25.0 Å². The molecular weight excluding hydrogens is 452 g/mol. The highest BCUT2D eigenvalue weighted by molar-refractivity contribution is 5.92. The zero-order valence-electron chi connectivity index (χ0n) is 17.6. The minimum atomic E-state index is -4.12. The first-order chi connectivity index (χ1) is 16.3. The summed E-state index contributed by atoms with van der Waals surface area (Å²) in [4.78, 5) is 34.4. The summed E-state index contributed by atoms with van der Waals surface area (Å²) in [5.41, 5.74) is 3.98. The second kappa shape index (κ2) is 9.30. The van der Waals surface area contributed by atoms with Crippen molar-refractivity contribution in [1.82, 2.24) is 15.8 Å². The van der Waals surface area contributed by atoms with Crippen LogP contribution in [0.15, 0.2) is 59.1 Å². The average Bonchev–Trinajstić information content (AvgIpc) is 3.43.